The largest absolute Gasteiger partial charge is 0.504 e. The summed E-state index contributed by atoms with van der Waals surface area (Å²) in [6, 6.07) is 12.0. The molecule has 9 heteroatoms. The van der Waals surface area contributed by atoms with E-state index in [4.69, 9.17) is 11.6 Å². The van der Waals surface area contributed by atoms with Crippen LogP contribution in [0.1, 0.15) is 5.56 Å². The van der Waals surface area contributed by atoms with Gasteiger partial charge in [0.25, 0.3) is 5.56 Å². The zero-order chi connectivity index (χ0) is 19.0. The zero-order valence-electron chi connectivity index (χ0n) is 13.7. The Hall–Kier alpha value is -3.65. The van der Waals surface area contributed by atoms with Crippen LogP contribution < -0.4 is 5.56 Å². The van der Waals surface area contributed by atoms with Gasteiger partial charge in [0.2, 0.25) is 0 Å². The Bertz CT molecular complexity index is 1210. The number of benzene rings is 2. The number of phenols is 2. The second-order valence-corrected chi connectivity index (χ2v) is 6.05. The highest BCUT2D eigenvalue weighted by molar-refractivity contribution is 6.32. The number of fused-ring (bicyclic) bond motifs is 1. The van der Waals surface area contributed by atoms with Gasteiger partial charge in [-0.25, -0.2) is 9.67 Å². The second-order valence-electron chi connectivity index (χ2n) is 5.64. The van der Waals surface area contributed by atoms with Crippen molar-refractivity contribution in [2.75, 3.05) is 0 Å². The van der Waals surface area contributed by atoms with Crippen LogP contribution in [0.2, 0.25) is 5.02 Å². The molecule has 0 spiro atoms. The molecular weight excluding hydrogens is 370 g/mol. The lowest BCUT2D eigenvalue weighted by Crippen LogP contribution is -2.17. The number of aromatic nitrogens is 4. The van der Waals surface area contributed by atoms with Crippen LogP contribution in [-0.4, -0.2) is 35.9 Å². The maximum Gasteiger partial charge on any atom is 0.285 e. The Balaban J connectivity index is 1.74. The minimum atomic E-state index is -0.414. The number of hydrogen-bond acceptors (Lipinski definition) is 6. The summed E-state index contributed by atoms with van der Waals surface area (Å²) in [7, 11) is 0. The molecule has 0 amide bonds. The highest BCUT2D eigenvalue weighted by Crippen LogP contribution is 2.33. The fourth-order valence-electron chi connectivity index (χ4n) is 2.55. The van der Waals surface area contributed by atoms with Crippen molar-refractivity contribution in [2.45, 2.75) is 0 Å². The lowest BCUT2D eigenvalue weighted by Gasteiger charge is -2.03. The van der Waals surface area contributed by atoms with Crippen molar-refractivity contribution in [1.82, 2.24) is 19.4 Å². The third-order valence-electron chi connectivity index (χ3n) is 3.87. The quantitative estimate of drug-likeness (QED) is 0.419. The molecule has 2 heterocycles. The van der Waals surface area contributed by atoms with Crippen molar-refractivity contribution in [3.05, 3.63) is 75.9 Å². The van der Waals surface area contributed by atoms with E-state index in [2.05, 4.69) is 15.2 Å². The predicted octanol–water partition coefficient (Wildman–Crippen LogP) is 2.53. The second kappa shape index (κ2) is 6.58. The van der Waals surface area contributed by atoms with Crippen LogP contribution in [0, 0.1) is 0 Å². The molecule has 0 radical (unpaired) electrons. The molecule has 8 nitrogen and oxygen atoms in total. The van der Waals surface area contributed by atoms with E-state index >= 15 is 0 Å². The van der Waals surface area contributed by atoms with Crippen molar-refractivity contribution < 1.29 is 10.2 Å². The molecule has 0 aliphatic heterocycles. The van der Waals surface area contributed by atoms with Gasteiger partial charge < -0.3 is 10.2 Å². The standard InChI is InChI=1S/C18H12ClN5O3/c19-14-6-11(7-15(25)16(14)26)8-21-23-10-20-17-13(18(23)27)9-22-24(17)12-4-2-1-3-5-12/h1-10,25-26H/b21-8+. The van der Waals surface area contributed by atoms with Crippen LogP contribution >= 0.6 is 11.6 Å². The summed E-state index contributed by atoms with van der Waals surface area (Å²) in [6.07, 6.45) is 4.04. The van der Waals surface area contributed by atoms with E-state index in [1.807, 2.05) is 30.3 Å². The average molecular weight is 382 g/mol. The molecule has 0 saturated heterocycles. The summed E-state index contributed by atoms with van der Waals surface area (Å²) < 4.78 is 2.62. The van der Waals surface area contributed by atoms with Gasteiger partial charge in [-0.2, -0.15) is 14.9 Å². The van der Waals surface area contributed by atoms with Gasteiger partial charge >= 0.3 is 0 Å². The first kappa shape index (κ1) is 16.8. The molecule has 2 N–H and O–H groups in total. The molecular formula is C18H12ClN5O3. The Morgan fingerprint density at radius 3 is 2.67 bits per heavy atom. The molecule has 0 aliphatic rings. The average Bonchev–Trinajstić information content (AvgIpc) is 3.11. The highest BCUT2D eigenvalue weighted by Gasteiger charge is 2.11. The monoisotopic (exact) mass is 381 g/mol. The van der Waals surface area contributed by atoms with E-state index in [-0.39, 0.29) is 10.8 Å². The number of para-hydroxylation sites is 1. The molecule has 0 saturated carbocycles. The first-order valence-corrected chi connectivity index (χ1v) is 8.19. The lowest BCUT2D eigenvalue weighted by molar-refractivity contribution is 0.404. The smallest absolute Gasteiger partial charge is 0.285 e. The predicted molar refractivity (Wildman–Crippen MR) is 101 cm³/mol. The summed E-state index contributed by atoms with van der Waals surface area (Å²) >= 11 is 5.81. The fourth-order valence-corrected chi connectivity index (χ4v) is 2.77. The molecule has 0 fully saturated rings. The van der Waals surface area contributed by atoms with E-state index in [0.717, 1.165) is 10.4 Å². The van der Waals surface area contributed by atoms with Crippen molar-refractivity contribution in [3.8, 4) is 17.2 Å². The summed E-state index contributed by atoms with van der Waals surface area (Å²) in [5.41, 5.74) is 1.22. The van der Waals surface area contributed by atoms with Gasteiger partial charge in [-0.15, -0.1) is 0 Å². The Morgan fingerprint density at radius 2 is 1.93 bits per heavy atom. The Labute approximate surface area is 157 Å². The number of halogens is 1. The first-order chi connectivity index (χ1) is 13.0. The molecule has 4 rings (SSSR count). The van der Waals surface area contributed by atoms with Crippen molar-refractivity contribution in [1.29, 1.82) is 0 Å². The van der Waals surface area contributed by atoms with E-state index in [0.29, 0.717) is 16.6 Å². The number of nitrogens with zero attached hydrogens (tertiary/aromatic N) is 5. The minimum Gasteiger partial charge on any atom is -0.504 e. The topological polar surface area (TPSA) is 106 Å². The van der Waals surface area contributed by atoms with Gasteiger partial charge in [-0.1, -0.05) is 29.8 Å². The van der Waals surface area contributed by atoms with Crippen molar-refractivity contribution in [2.24, 2.45) is 5.10 Å². The summed E-state index contributed by atoms with van der Waals surface area (Å²) in [4.78, 5) is 16.9. The van der Waals surface area contributed by atoms with Crippen LogP contribution in [0.15, 0.2) is 64.9 Å². The van der Waals surface area contributed by atoms with Gasteiger partial charge in [-0.3, -0.25) is 4.79 Å². The third kappa shape index (κ3) is 3.02. The summed E-state index contributed by atoms with van der Waals surface area (Å²) in [5.74, 6) is -0.795. The molecule has 27 heavy (non-hydrogen) atoms. The highest BCUT2D eigenvalue weighted by atomic mass is 35.5. The number of phenolic OH excluding ortho intramolecular Hbond substituents is 2. The maximum absolute atomic E-state index is 12.6. The van der Waals surface area contributed by atoms with Gasteiger partial charge in [0, 0.05) is 0 Å². The summed E-state index contributed by atoms with van der Waals surface area (Å²) in [6.45, 7) is 0. The van der Waals surface area contributed by atoms with E-state index in [1.165, 1.54) is 30.9 Å². The molecule has 4 aromatic rings. The number of aromatic hydroxyl groups is 2. The lowest BCUT2D eigenvalue weighted by atomic mass is 10.2. The number of rotatable bonds is 3. The van der Waals surface area contributed by atoms with Crippen molar-refractivity contribution >= 4 is 28.8 Å². The molecule has 2 aromatic carbocycles. The first-order valence-electron chi connectivity index (χ1n) is 7.81. The Kier molecular flexibility index (Phi) is 4.09. The van der Waals surface area contributed by atoms with E-state index in [1.54, 1.807) is 4.68 Å². The molecule has 2 aromatic heterocycles. The normalized spacial score (nSPS) is 11.4. The number of hydrogen-bond donors (Lipinski definition) is 2. The third-order valence-corrected chi connectivity index (χ3v) is 4.16. The molecule has 134 valence electrons. The van der Waals surface area contributed by atoms with E-state index < -0.39 is 11.3 Å². The SMILES string of the molecule is O=c1c2cnn(-c3ccccc3)c2ncn1/N=C/c1cc(O)c(O)c(Cl)c1. The molecule has 0 unspecified atom stereocenters. The van der Waals surface area contributed by atoms with Crippen LogP contribution in [0.4, 0.5) is 0 Å². The fraction of sp³-hybridized carbons (Fsp3) is 0. The van der Waals surface area contributed by atoms with Gasteiger partial charge in [0.15, 0.2) is 17.1 Å². The van der Waals surface area contributed by atoms with Crippen LogP contribution in [0.3, 0.4) is 0 Å². The van der Waals surface area contributed by atoms with Crippen molar-refractivity contribution in [3.63, 3.8) is 0 Å². The van der Waals surface area contributed by atoms with Crippen LogP contribution in [0.5, 0.6) is 11.5 Å². The zero-order valence-corrected chi connectivity index (χ0v) is 14.4. The molecule has 0 atom stereocenters. The molecule has 0 bridgehead atoms. The maximum atomic E-state index is 12.6. The summed E-state index contributed by atoms with van der Waals surface area (Å²) in [5, 5.41) is 27.6. The molecule has 0 aliphatic carbocycles. The van der Waals surface area contributed by atoms with Gasteiger partial charge in [0.1, 0.15) is 11.7 Å². The minimum absolute atomic E-state index is 0.0264. The van der Waals surface area contributed by atoms with E-state index in [9.17, 15) is 15.0 Å². The van der Waals surface area contributed by atoms with Gasteiger partial charge in [-0.05, 0) is 29.8 Å². The van der Waals surface area contributed by atoms with Crippen LogP contribution in [0.25, 0.3) is 16.7 Å². The Morgan fingerprint density at radius 1 is 1.15 bits per heavy atom. The van der Waals surface area contributed by atoms with Gasteiger partial charge in [0.05, 0.1) is 23.1 Å². The van der Waals surface area contributed by atoms with Crippen LogP contribution in [-0.2, 0) is 0 Å².